The van der Waals surface area contributed by atoms with Gasteiger partial charge in [0.05, 0.1) is 37.1 Å². The summed E-state index contributed by atoms with van der Waals surface area (Å²) in [6.45, 7) is 7.28. The van der Waals surface area contributed by atoms with Crippen molar-refractivity contribution in [3.05, 3.63) is 55.0 Å². The maximum Gasteiger partial charge on any atom is 0.203 e. The second kappa shape index (κ2) is 8.78. The normalized spacial score (nSPS) is 11.2. The van der Waals surface area contributed by atoms with Crippen molar-refractivity contribution in [3.8, 4) is 34.3 Å². The number of para-hydroxylation sites is 1. The smallest absolute Gasteiger partial charge is 0.203 e. The third kappa shape index (κ3) is 3.61. The first kappa shape index (κ1) is 20.7. The summed E-state index contributed by atoms with van der Waals surface area (Å²) in [4.78, 5) is 4.66. The van der Waals surface area contributed by atoms with Gasteiger partial charge in [0, 0.05) is 5.56 Å². The van der Waals surface area contributed by atoms with Gasteiger partial charge in [0.25, 0.3) is 0 Å². The van der Waals surface area contributed by atoms with E-state index in [4.69, 9.17) is 14.2 Å². The van der Waals surface area contributed by atoms with E-state index in [0.29, 0.717) is 54.2 Å². The van der Waals surface area contributed by atoms with Gasteiger partial charge in [0.1, 0.15) is 6.33 Å². The van der Waals surface area contributed by atoms with E-state index in [1.807, 2.05) is 67.6 Å². The van der Waals surface area contributed by atoms with Gasteiger partial charge in [-0.25, -0.2) is 9.67 Å². The minimum absolute atomic E-state index is 0.497. The topological polar surface area (TPSA) is 88.6 Å². The largest absolute Gasteiger partial charge is 0.490 e. The molecule has 2 aromatic carbocycles. The third-order valence-electron chi connectivity index (χ3n) is 5.14. The van der Waals surface area contributed by atoms with Crippen LogP contribution in [0.15, 0.2) is 55.0 Å². The van der Waals surface area contributed by atoms with Crippen LogP contribution in [0.4, 0.5) is 0 Å². The lowest BCUT2D eigenvalue weighted by Gasteiger charge is -2.16. The molecule has 9 heteroatoms. The van der Waals surface area contributed by atoms with E-state index >= 15 is 0 Å². The molecule has 168 valence electrons. The number of benzene rings is 2. The Hall–Kier alpha value is -4.14. The van der Waals surface area contributed by atoms with Gasteiger partial charge in [-0.1, -0.05) is 18.2 Å². The molecule has 0 aliphatic carbocycles. The van der Waals surface area contributed by atoms with Crippen LogP contribution in [0.25, 0.3) is 33.8 Å². The van der Waals surface area contributed by atoms with Gasteiger partial charge >= 0.3 is 0 Å². The van der Waals surface area contributed by atoms with Gasteiger partial charge in [0.15, 0.2) is 28.6 Å². The predicted octanol–water partition coefficient (Wildman–Crippen LogP) is 4.33. The Kier molecular flexibility index (Phi) is 5.52. The molecule has 0 atom stereocenters. The number of fused-ring (bicyclic) bond motifs is 3. The monoisotopic (exact) mass is 444 g/mol. The quantitative estimate of drug-likeness (QED) is 0.352. The lowest BCUT2D eigenvalue weighted by atomic mass is 10.1. The van der Waals surface area contributed by atoms with Crippen molar-refractivity contribution in [1.82, 2.24) is 29.4 Å². The fourth-order valence-electron chi connectivity index (χ4n) is 3.79. The van der Waals surface area contributed by atoms with Gasteiger partial charge in [-0.15, -0.1) is 10.2 Å². The Morgan fingerprint density at radius 1 is 0.818 bits per heavy atom. The summed E-state index contributed by atoms with van der Waals surface area (Å²) in [5, 5.41) is 14.2. The average Bonchev–Trinajstić information content (AvgIpc) is 3.46. The zero-order valence-corrected chi connectivity index (χ0v) is 18.7. The Morgan fingerprint density at radius 2 is 1.52 bits per heavy atom. The summed E-state index contributed by atoms with van der Waals surface area (Å²) >= 11 is 0. The molecule has 0 saturated carbocycles. The molecular formula is C24H24N6O3. The van der Waals surface area contributed by atoms with Crippen molar-refractivity contribution >= 4 is 16.7 Å². The van der Waals surface area contributed by atoms with Crippen LogP contribution in [0.2, 0.25) is 0 Å². The summed E-state index contributed by atoms with van der Waals surface area (Å²) in [6.07, 6.45) is 3.48. The molecule has 3 heterocycles. The summed E-state index contributed by atoms with van der Waals surface area (Å²) in [6, 6.07) is 13.7. The number of aromatic nitrogens is 6. The van der Waals surface area contributed by atoms with Gasteiger partial charge < -0.3 is 14.2 Å². The molecule has 0 amide bonds. The Balaban J connectivity index is 1.66. The predicted molar refractivity (Wildman–Crippen MR) is 124 cm³/mol. The molecule has 0 bridgehead atoms. The van der Waals surface area contributed by atoms with Crippen molar-refractivity contribution in [3.63, 3.8) is 0 Å². The fraction of sp³-hybridized carbons (Fsp3) is 0.250. The van der Waals surface area contributed by atoms with Crippen LogP contribution in [-0.2, 0) is 0 Å². The standard InChI is InChI=1S/C24H24N6O3/c1-4-31-19-12-16(13-20(32-5-2)21(19)33-6-3)22-27-28-24-18-14-26-30(17-10-8-7-9-11-17)23(18)25-15-29(22)24/h7-15H,4-6H2,1-3H3. The second-order valence-corrected chi connectivity index (χ2v) is 7.19. The summed E-state index contributed by atoms with van der Waals surface area (Å²) in [5.74, 6) is 2.41. The van der Waals surface area contributed by atoms with Crippen molar-refractivity contribution in [1.29, 1.82) is 0 Å². The molecule has 0 N–H and O–H groups in total. The number of hydrogen-bond acceptors (Lipinski definition) is 7. The highest BCUT2D eigenvalue weighted by Crippen LogP contribution is 2.41. The van der Waals surface area contributed by atoms with Crippen LogP contribution in [0.1, 0.15) is 20.8 Å². The first-order valence-electron chi connectivity index (χ1n) is 10.9. The van der Waals surface area contributed by atoms with Crippen LogP contribution in [-0.4, -0.2) is 49.2 Å². The number of hydrogen-bond donors (Lipinski definition) is 0. The van der Waals surface area contributed by atoms with Crippen LogP contribution in [0, 0.1) is 0 Å². The Morgan fingerprint density at radius 3 is 2.18 bits per heavy atom. The molecule has 9 nitrogen and oxygen atoms in total. The first-order chi connectivity index (χ1) is 16.2. The highest BCUT2D eigenvalue weighted by Gasteiger charge is 2.20. The Labute approximate surface area is 190 Å². The molecule has 5 rings (SSSR count). The van der Waals surface area contributed by atoms with Crippen LogP contribution < -0.4 is 14.2 Å². The third-order valence-corrected chi connectivity index (χ3v) is 5.14. The summed E-state index contributed by atoms with van der Waals surface area (Å²) in [5.41, 5.74) is 3.10. The number of nitrogens with zero attached hydrogens (tertiary/aromatic N) is 6. The van der Waals surface area contributed by atoms with E-state index < -0.39 is 0 Å². The highest BCUT2D eigenvalue weighted by atomic mass is 16.5. The van der Waals surface area contributed by atoms with E-state index in [2.05, 4.69) is 20.3 Å². The lowest BCUT2D eigenvalue weighted by Crippen LogP contribution is -2.03. The minimum Gasteiger partial charge on any atom is -0.490 e. The van der Waals surface area contributed by atoms with Crippen molar-refractivity contribution < 1.29 is 14.2 Å². The van der Waals surface area contributed by atoms with E-state index in [0.717, 1.165) is 16.6 Å². The van der Waals surface area contributed by atoms with E-state index in [9.17, 15) is 0 Å². The minimum atomic E-state index is 0.497. The first-order valence-corrected chi connectivity index (χ1v) is 10.9. The molecule has 3 aromatic heterocycles. The van der Waals surface area contributed by atoms with Crippen molar-refractivity contribution in [2.45, 2.75) is 20.8 Å². The maximum absolute atomic E-state index is 5.86. The average molecular weight is 444 g/mol. The van der Waals surface area contributed by atoms with Gasteiger partial charge in [0.2, 0.25) is 5.75 Å². The van der Waals surface area contributed by atoms with Crippen molar-refractivity contribution in [2.75, 3.05) is 19.8 Å². The van der Waals surface area contributed by atoms with E-state index in [-0.39, 0.29) is 0 Å². The number of rotatable bonds is 8. The highest BCUT2D eigenvalue weighted by molar-refractivity contribution is 5.90. The summed E-state index contributed by atoms with van der Waals surface area (Å²) < 4.78 is 21.2. The molecule has 0 spiro atoms. The molecule has 0 aliphatic heterocycles. The van der Waals surface area contributed by atoms with Crippen LogP contribution in [0.3, 0.4) is 0 Å². The van der Waals surface area contributed by atoms with Crippen LogP contribution in [0.5, 0.6) is 17.2 Å². The molecule has 0 aliphatic rings. The molecule has 0 saturated heterocycles. The zero-order valence-electron chi connectivity index (χ0n) is 18.7. The fourth-order valence-corrected chi connectivity index (χ4v) is 3.79. The molecule has 5 aromatic rings. The van der Waals surface area contributed by atoms with Gasteiger partial charge in [-0.3, -0.25) is 4.40 Å². The number of ether oxygens (including phenoxy) is 3. The maximum atomic E-state index is 5.86. The molecule has 33 heavy (non-hydrogen) atoms. The molecule has 0 unspecified atom stereocenters. The van der Waals surface area contributed by atoms with Crippen LogP contribution >= 0.6 is 0 Å². The second-order valence-electron chi connectivity index (χ2n) is 7.19. The van der Waals surface area contributed by atoms with E-state index in [1.165, 1.54) is 0 Å². The molecule has 0 fully saturated rings. The summed E-state index contributed by atoms with van der Waals surface area (Å²) in [7, 11) is 0. The van der Waals surface area contributed by atoms with Crippen molar-refractivity contribution in [2.24, 2.45) is 0 Å². The Bertz CT molecular complexity index is 1380. The SMILES string of the molecule is CCOc1cc(-c2nnc3c4cnn(-c5ccccc5)c4ncn23)cc(OCC)c1OCC. The molecule has 0 radical (unpaired) electrons. The van der Waals surface area contributed by atoms with Gasteiger partial charge in [-0.2, -0.15) is 5.10 Å². The lowest BCUT2D eigenvalue weighted by molar-refractivity contribution is 0.261. The molecular weight excluding hydrogens is 420 g/mol. The van der Waals surface area contributed by atoms with Gasteiger partial charge in [-0.05, 0) is 45.0 Å². The zero-order chi connectivity index (χ0) is 22.8. The van der Waals surface area contributed by atoms with E-state index in [1.54, 1.807) is 17.2 Å².